The van der Waals surface area contributed by atoms with Crippen LogP contribution in [0, 0.1) is 10.1 Å². The van der Waals surface area contributed by atoms with E-state index in [0.29, 0.717) is 28.6 Å². The summed E-state index contributed by atoms with van der Waals surface area (Å²) in [6.07, 6.45) is 1.47. The number of methoxy groups -OCH3 is 1. The number of hydrazone groups is 1. The lowest BCUT2D eigenvalue weighted by Crippen LogP contribution is -1.99. The van der Waals surface area contributed by atoms with Crippen molar-refractivity contribution in [2.75, 3.05) is 19.1 Å². The third-order valence-electron chi connectivity index (χ3n) is 3.04. The molecular formula is C16H16ClN3O4. The summed E-state index contributed by atoms with van der Waals surface area (Å²) < 4.78 is 10.3. The van der Waals surface area contributed by atoms with Crippen molar-refractivity contribution in [2.24, 2.45) is 5.10 Å². The van der Waals surface area contributed by atoms with Gasteiger partial charge in [0.15, 0.2) is 5.75 Å². The summed E-state index contributed by atoms with van der Waals surface area (Å²) in [6, 6.07) is 9.76. The molecule has 0 atom stereocenters. The van der Waals surface area contributed by atoms with Gasteiger partial charge in [0.1, 0.15) is 5.75 Å². The second-order valence-electron chi connectivity index (χ2n) is 4.64. The predicted molar refractivity (Wildman–Crippen MR) is 93.5 cm³/mol. The third-order valence-corrected chi connectivity index (χ3v) is 3.33. The lowest BCUT2D eigenvalue weighted by molar-refractivity contribution is -0.385. The van der Waals surface area contributed by atoms with E-state index in [-0.39, 0.29) is 11.4 Å². The van der Waals surface area contributed by atoms with Crippen LogP contribution in [0.4, 0.5) is 11.4 Å². The van der Waals surface area contributed by atoms with Crippen LogP contribution in [0.2, 0.25) is 5.02 Å². The van der Waals surface area contributed by atoms with Crippen LogP contribution in [-0.4, -0.2) is 24.9 Å². The molecule has 2 aromatic rings. The fourth-order valence-electron chi connectivity index (χ4n) is 1.95. The second kappa shape index (κ2) is 8.16. The van der Waals surface area contributed by atoms with Crippen LogP contribution >= 0.6 is 11.6 Å². The molecule has 0 aromatic heterocycles. The minimum atomic E-state index is -0.487. The van der Waals surface area contributed by atoms with Gasteiger partial charge < -0.3 is 9.47 Å². The van der Waals surface area contributed by atoms with E-state index in [4.69, 9.17) is 21.1 Å². The van der Waals surface area contributed by atoms with Crippen molar-refractivity contribution >= 4 is 29.2 Å². The molecule has 0 saturated heterocycles. The minimum absolute atomic E-state index is 0.103. The topological polar surface area (TPSA) is 86.0 Å². The Bertz CT molecular complexity index is 765. The van der Waals surface area contributed by atoms with E-state index in [1.165, 1.54) is 19.4 Å². The Morgan fingerprint density at radius 2 is 2.04 bits per heavy atom. The zero-order valence-electron chi connectivity index (χ0n) is 13.2. The quantitative estimate of drug-likeness (QED) is 0.462. The highest BCUT2D eigenvalue weighted by Crippen LogP contribution is 2.28. The molecule has 126 valence electrons. The number of nitrogens with one attached hydrogen (secondary N) is 1. The number of nitro benzene ring substituents is 1. The molecule has 8 heteroatoms. The summed E-state index contributed by atoms with van der Waals surface area (Å²) in [4.78, 5) is 10.6. The molecule has 2 rings (SSSR count). The first kappa shape index (κ1) is 17.6. The molecule has 0 saturated carbocycles. The van der Waals surface area contributed by atoms with E-state index in [1.54, 1.807) is 37.3 Å². The molecule has 24 heavy (non-hydrogen) atoms. The number of halogens is 1. The van der Waals surface area contributed by atoms with Crippen LogP contribution in [0.15, 0.2) is 41.5 Å². The highest BCUT2D eigenvalue weighted by molar-refractivity contribution is 6.32. The van der Waals surface area contributed by atoms with Crippen molar-refractivity contribution in [3.8, 4) is 11.5 Å². The lowest BCUT2D eigenvalue weighted by Gasteiger charge is -2.06. The first-order chi connectivity index (χ1) is 11.5. The van der Waals surface area contributed by atoms with Gasteiger partial charge in [-0.15, -0.1) is 0 Å². The van der Waals surface area contributed by atoms with Crippen LogP contribution < -0.4 is 14.9 Å². The summed E-state index contributed by atoms with van der Waals surface area (Å²) in [6.45, 7) is 2.12. The molecule has 7 nitrogen and oxygen atoms in total. The summed E-state index contributed by atoms with van der Waals surface area (Å²) in [5.74, 6) is 0.794. The van der Waals surface area contributed by atoms with Crippen LogP contribution in [0.3, 0.4) is 0 Å². The molecule has 2 aromatic carbocycles. The van der Waals surface area contributed by atoms with Gasteiger partial charge >= 0.3 is 5.69 Å². The Morgan fingerprint density at radius 3 is 2.67 bits per heavy atom. The molecule has 0 amide bonds. The van der Waals surface area contributed by atoms with Crippen molar-refractivity contribution in [3.05, 3.63) is 57.1 Å². The number of hydrogen-bond donors (Lipinski definition) is 1. The van der Waals surface area contributed by atoms with E-state index in [1.807, 2.05) is 0 Å². The number of nitrogens with zero attached hydrogens (tertiary/aromatic N) is 2. The zero-order valence-corrected chi connectivity index (χ0v) is 13.9. The molecule has 0 heterocycles. The Kier molecular flexibility index (Phi) is 5.97. The number of nitro groups is 1. The van der Waals surface area contributed by atoms with Crippen molar-refractivity contribution in [2.45, 2.75) is 6.92 Å². The smallest absolute Gasteiger partial charge is 0.311 e. The highest BCUT2D eigenvalue weighted by Gasteiger charge is 2.15. The molecular weight excluding hydrogens is 334 g/mol. The van der Waals surface area contributed by atoms with Crippen LogP contribution in [0.5, 0.6) is 11.5 Å². The van der Waals surface area contributed by atoms with Gasteiger partial charge in [0.25, 0.3) is 0 Å². The average Bonchev–Trinajstić information content (AvgIpc) is 2.56. The Hall–Kier alpha value is -2.80. The maximum absolute atomic E-state index is 11.1. The standard InChI is InChI=1S/C16H16ClN3O4/c1-3-24-16-6-4-11(8-14(16)20(21)22)10-18-19-12-5-7-15(23-2)13(17)9-12/h4-10,19H,3H2,1-2H3/b18-10+. The lowest BCUT2D eigenvalue weighted by atomic mass is 10.2. The minimum Gasteiger partial charge on any atom is -0.495 e. The molecule has 0 spiro atoms. The molecule has 0 radical (unpaired) electrons. The second-order valence-corrected chi connectivity index (χ2v) is 5.04. The first-order valence-electron chi connectivity index (χ1n) is 7.09. The van der Waals surface area contributed by atoms with E-state index < -0.39 is 4.92 Å². The molecule has 1 N–H and O–H groups in total. The van der Waals surface area contributed by atoms with Crippen LogP contribution in [0.25, 0.3) is 0 Å². The van der Waals surface area contributed by atoms with E-state index in [2.05, 4.69) is 10.5 Å². The van der Waals surface area contributed by atoms with Gasteiger partial charge in [-0.25, -0.2) is 0 Å². The summed E-state index contributed by atoms with van der Waals surface area (Å²) in [7, 11) is 1.53. The fourth-order valence-corrected chi connectivity index (χ4v) is 2.21. The maximum Gasteiger partial charge on any atom is 0.311 e. The van der Waals surface area contributed by atoms with Gasteiger partial charge in [-0.3, -0.25) is 15.5 Å². The molecule has 0 aliphatic rings. The van der Waals surface area contributed by atoms with Gasteiger partial charge in [0, 0.05) is 11.6 Å². The molecule has 0 unspecified atom stereocenters. The molecule has 0 fully saturated rings. The normalized spacial score (nSPS) is 10.6. The Morgan fingerprint density at radius 1 is 1.29 bits per heavy atom. The largest absolute Gasteiger partial charge is 0.495 e. The summed E-state index contributed by atoms with van der Waals surface area (Å²) in [5.41, 5.74) is 3.93. The monoisotopic (exact) mass is 349 g/mol. The summed E-state index contributed by atoms with van der Waals surface area (Å²) >= 11 is 6.02. The summed E-state index contributed by atoms with van der Waals surface area (Å²) in [5, 5.41) is 15.6. The van der Waals surface area contributed by atoms with Gasteiger partial charge in [0.2, 0.25) is 0 Å². The molecule has 0 aliphatic heterocycles. The van der Waals surface area contributed by atoms with E-state index in [0.717, 1.165) is 0 Å². The Labute approximate surface area is 144 Å². The number of rotatable bonds is 7. The number of hydrogen-bond acceptors (Lipinski definition) is 6. The fraction of sp³-hybridized carbons (Fsp3) is 0.188. The van der Waals surface area contributed by atoms with Crippen molar-refractivity contribution < 1.29 is 14.4 Å². The number of anilines is 1. The van der Waals surface area contributed by atoms with Crippen LogP contribution in [-0.2, 0) is 0 Å². The van der Waals surface area contributed by atoms with E-state index in [9.17, 15) is 10.1 Å². The van der Waals surface area contributed by atoms with Crippen molar-refractivity contribution in [1.29, 1.82) is 0 Å². The van der Waals surface area contributed by atoms with E-state index >= 15 is 0 Å². The average molecular weight is 350 g/mol. The van der Waals surface area contributed by atoms with Crippen molar-refractivity contribution in [3.63, 3.8) is 0 Å². The number of ether oxygens (including phenoxy) is 2. The first-order valence-corrected chi connectivity index (χ1v) is 7.46. The number of benzene rings is 2. The van der Waals surface area contributed by atoms with Crippen molar-refractivity contribution in [1.82, 2.24) is 0 Å². The van der Waals surface area contributed by atoms with Gasteiger partial charge in [-0.1, -0.05) is 11.6 Å². The third kappa shape index (κ3) is 4.36. The maximum atomic E-state index is 11.1. The van der Waals surface area contributed by atoms with Gasteiger partial charge in [-0.05, 0) is 37.3 Å². The predicted octanol–water partition coefficient (Wildman–Crippen LogP) is 4.10. The van der Waals surface area contributed by atoms with Crippen LogP contribution in [0.1, 0.15) is 12.5 Å². The van der Waals surface area contributed by atoms with Gasteiger partial charge in [-0.2, -0.15) is 5.10 Å². The zero-order chi connectivity index (χ0) is 17.5. The molecule has 0 bridgehead atoms. The van der Waals surface area contributed by atoms with Gasteiger partial charge in [0.05, 0.1) is 35.6 Å². The highest BCUT2D eigenvalue weighted by atomic mass is 35.5. The SMILES string of the molecule is CCOc1ccc(/C=N/Nc2ccc(OC)c(Cl)c2)cc1[N+](=O)[O-]. The Balaban J connectivity index is 2.13. The molecule has 0 aliphatic carbocycles.